The van der Waals surface area contributed by atoms with Crippen molar-refractivity contribution in [3.8, 4) is 0 Å². The molecule has 1 heterocycles. The van der Waals surface area contributed by atoms with Crippen LogP contribution in [-0.4, -0.2) is 24.5 Å². The van der Waals surface area contributed by atoms with E-state index in [-0.39, 0.29) is 0 Å². The van der Waals surface area contributed by atoms with Crippen LogP contribution in [0.2, 0.25) is 0 Å². The molecule has 0 radical (unpaired) electrons. The summed E-state index contributed by atoms with van der Waals surface area (Å²) in [5.74, 6) is 0. The van der Waals surface area contributed by atoms with Gasteiger partial charge in [0, 0.05) is 12.4 Å². The molecular formula is C9H12F2N2. The topological polar surface area (TPSA) is 24.9 Å². The van der Waals surface area contributed by atoms with Crippen LogP contribution in [0, 0.1) is 0 Å². The molecule has 1 unspecified atom stereocenters. The van der Waals surface area contributed by atoms with E-state index in [2.05, 4.69) is 10.3 Å². The highest BCUT2D eigenvalue weighted by molar-refractivity contribution is 5.11. The smallest absolute Gasteiger partial charge is 0.254 e. The lowest BCUT2D eigenvalue weighted by atomic mass is 10.1. The normalized spacial score (nSPS) is 13.2. The van der Waals surface area contributed by atoms with E-state index < -0.39 is 12.5 Å². The van der Waals surface area contributed by atoms with E-state index >= 15 is 0 Å². The monoisotopic (exact) mass is 186 g/mol. The van der Waals surface area contributed by atoms with Crippen molar-refractivity contribution in [1.29, 1.82) is 0 Å². The van der Waals surface area contributed by atoms with Crippen LogP contribution in [-0.2, 0) is 6.42 Å². The van der Waals surface area contributed by atoms with Crippen molar-refractivity contribution >= 4 is 0 Å². The second-order valence-corrected chi connectivity index (χ2v) is 2.79. The molecule has 1 rings (SSSR count). The summed E-state index contributed by atoms with van der Waals surface area (Å²) in [6, 6.07) is 2.71. The summed E-state index contributed by atoms with van der Waals surface area (Å²) in [4.78, 5) is 3.82. The summed E-state index contributed by atoms with van der Waals surface area (Å²) in [7, 11) is 1.54. The maximum Gasteiger partial charge on any atom is 0.254 e. The highest BCUT2D eigenvalue weighted by atomic mass is 19.3. The van der Waals surface area contributed by atoms with E-state index in [1.165, 1.54) is 7.05 Å². The zero-order chi connectivity index (χ0) is 9.68. The Hall–Kier alpha value is -1.03. The molecule has 0 aliphatic carbocycles. The molecule has 13 heavy (non-hydrogen) atoms. The van der Waals surface area contributed by atoms with Crippen LogP contribution in [0.5, 0.6) is 0 Å². The van der Waals surface area contributed by atoms with Crippen LogP contribution < -0.4 is 5.32 Å². The van der Waals surface area contributed by atoms with Crippen LogP contribution >= 0.6 is 0 Å². The van der Waals surface area contributed by atoms with Crippen LogP contribution in [0.1, 0.15) is 5.56 Å². The van der Waals surface area contributed by atoms with Gasteiger partial charge in [-0.2, -0.15) is 0 Å². The number of hydrogen-bond acceptors (Lipinski definition) is 2. The van der Waals surface area contributed by atoms with Crippen molar-refractivity contribution in [2.24, 2.45) is 0 Å². The van der Waals surface area contributed by atoms with Gasteiger partial charge in [0.15, 0.2) is 0 Å². The van der Waals surface area contributed by atoms with Crippen LogP contribution in [0.3, 0.4) is 0 Å². The fourth-order valence-electron chi connectivity index (χ4n) is 1.09. The molecule has 2 nitrogen and oxygen atoms in total. The van der Waals surface area contributed by atoms with Crippen molar-refractivity contribution in [3.63, 3.8) is 0 Å². The number of nitrogens with zero attached hydrogens (tertiary/aromatic N) is 1. The van der Waals surface area contributed by atoms with Crippen molar-refractivity contribution in [2.45, 2.75) is 18.9 Å². The van der Waals surface area contributed by atoms with Gasteiger partial charge in [-0.05, 0) is 31.2 Å². The summed E-state index contributed by atoms with van der Waals surface area (Å²) >= 11 is 0. The Kier molecular flexibility index (Phi) is 3.76. The molecule has 1 atom stereocenters. The molecule has 0 aliphatic rings. The van der Waals surface area contributed by atoms with E-state index in [1.807, 2.05) is 0 Å². The van der Waals surface area contributed by atoms with Gasteiger partial charge in [-0.1, -0.05) is 0 Å². The number of hydrogen-bond donors (Lipinski definition) is 1. The summed E-state index contributed by atoms with van der Waals surface area (Å²) in [6.07, 6.45) is 1.20. The third-order valence-electron chi connectivity index (χ3n) is 1.88. The molecule has 0 fully saturated rings. The van der Waals surface area contributed by atoms with E-state index in [0.717, 1.165) is 5.56 Å². The standard InChI is InChI=1S/C9H12F2N2/c1-12-8(9(10)11)6-7-2-4-13-5-3-7/h2-5,8-9,12H,6H2,1H3. The van der Waals surface area contributed by atoms with Crippen molar-refractivity contribution < 1.29 is 8.78 Å². The Morgan fingerprint density at radius 3 is 2.46 bits per heavy atom. The van der Waals surface area contributed by atoms with Gasteiger partial charge in [0.05, 0.1) is 6.04 Å². The quantitative estimate of drug-likeness (QED) is 0.770. The second kappa shape index (κ2) is 4.87. The van der Waals surface area contributed by atoms with Crippen molar-refractivity contribution in [1.82, 2.24) is 10.3 Å². The minimum Gasteiger partial charge on any atom is -0.312 e. The zero-order valence-electron chi connectivity index (χ0n) is 7.37. The minimum atomic E-state index is -2.34. The Balaban J connectivity index is 2.57. The highest BCUT2D eigenvalue weighted by Crippen LogP contribution is 2.08. The first-order chi connectivity index (χ1) is 6.24. The first kappa shape index (κ1) is 10.1. The predicted molar refractivity (Wildman–Crippen MR) is 46.8 cm³/mol. The number of rotatable bonds is 4. The van der Waals surface area contributed by atoms with Crippen LogP contribution in [0.15, 0.2) is 24.5 Å². The number of pyridine rings is 1. The molecule has 0 spiro atoms. The van der Waals surface area contributed by atoms with Gasteiger partial charge in [-0.15, -0.1) is 0 Å². The molecule has 0 aromatic carbocycles. The van der Waals surface area contributed by atoms with E-state index in [1.54, 1.807) is 24.5 Å². The molecular weight excluding hydrogens is 174 g/mol. The van der Waals surface area contributed by atoms with Crippen LogP contribution in [0.25, 0.3) is 0 Å². The van der Waals surface area contributed by atoms with Gasteiger partial charge in [0.1, 0.15) is 0 Å². The third-order valence-corrected chi connectivity index (χ3v) is 1.88. The fourth-order valence-corrected chi connectivity index (χ4v) is 1.09. The number of likely N-dealkylation sites (N-methyl/N-ethyl adjacent to an activating group) is 1. The number of alkyl halides is 2. The molecule has 1 N–H and O–H groups in total. The van der Waals surface area contributed by atoms with Gasteiger partial charge in [0.25, 0.3) is 6.43 Å². The molecule has 1 aromatic heterocycles. The van der Waals surface area contributed by atoms with E-state index in [0.29, 0.717) is 6.42 Å². The largest absolute Gasteiger partial charge is 0.312 e. The van der Waals surface area contributed by atoms with Gasteiger partial charge in [-0.3, -0.25) is 4.98 Å². The number of nitrogens with one attached hydrogen (secondary N) is 1. The Labute approximate surface area is 76.0 Å². The minimum absolute atomic E-state index is 0.330. The Morgan fingerprint density at radius 1 is 1.38 bits per heavy atom. The SMILES string of the molecule is CNC(Cc1ccncc1)C(F)F. The number of halogens is 2. The van der Waals surface area contributed by atoms with Crippen LogP contribution in [0.4, 0.5) is 8.78 Å². The molecule has 0 amide bonds. The maximum absolute atomic E-state index is 12.3. The summed E-state index contributed by atoms with van der Waals surface area (Å²) in [6.45, 7) is 0. The molecule has 0 bridgehead atoms. The molecule has 0 saturated heterocycles. The molecule has 4 heteroatoms. The third kappa shape index (κ3) is 3.06. The molecule has 1 aromatic rings. The summed E-state index contributed by atoms with van der Waals surface area (Å²) in [5, 5.41) is 2.58. The lowest BCUT2D eigenvalue weighted by molar-refractivity contribution is 0.102. The second-order valence-electron chi connectivity index (χ2n) is 2.79. The van der Waals surface area contributed by atoms with Crippen molar-refractivity contribution in [3.05, 3.63) is 30.1 Å². The van der Waals surface area contributed by atoms with E-state index in [9.17, 15) is 8.78 Å². The van der Waals surface area contributed by atoms with Gasteiger partial charge < -0.3 is 5.32 Å². The van der Waals surface area contributed by atoms with Gasteiger partial charge >= 0.3 is 0 Å². The Morgan fingerprint density at radius 2 is 2.00 bits per heavy atom. The molecule has 0 saturated carbocycles. The maximum atomic E-state index is 12.3. The first-order valence-corrected chi connectivity index (χ1v) is 4.08. The average molecular weight is 186 g/mol. The molecule has 72 valence electrons. The summed E-state index contributed by atoms with van der Waals surface area (Å²) in [5.41, 5.74) is 0.870. The zero-order valence-corrected chi connectivity index (χ0v) is 7.37. The predicted octanol–water partition coefficient (Wildman–Crippen LogP) is 1.48. The number of aromatic nitrogens is 1. The molecule has 0 aliphatic heterocycles. The van der Waals surface area contributed by atoms with Gasteiger partial charge in [0.2, 0.25) is 0 Å². The average Bonchev–Trinajstić information content (AvgIpc) is 2.15. The van der Waals surface area contributed by atoms with Gasteiger partial charge in [-0.25, -0.2) is 8.78 Å². The lowest BCUT2D eigenvalue weighted by Gasteiger charge is -2.14. The highest BCUT2D eigenvalue weighted by Gasteiger charge is 2.17. The lowest BCUT2D eigenvalue weighted by Crippen LogP contribution is -2.34. The fraction of sp³-hybridized carbons (Fsp3) is 0.444. The Bertz CT molecular complexity index is 239. The van der Waals surface area contributed by atoms with E-state index in [4.69, 9.17) is 0 Å². The first-order valence-electron chi connectivity index (χ1n) is 4.08. The van der Waals surface area contributed by atoms with Crippen molar-refractivity contribution in [2.75, 3.05) is 7.05 Å². The summed E-state index contributed by atoms with van der Waals surface area (Å²) < 4.78 is 24.6.